The van der Waals surface area contributed by atoms with Crippen LogP contribution in [0.5, 0.6) is 0 Å². The number of thiol groups is 1. The van der Waals surface area contributed by atoms with Gasteiger partial charge in [-0.1, -0.05) is 12.2 Å². The molecule has 0 aromatic rings. The molecule has 0 N–H and O–H groups in total. The van der Waals surface area contributed by atoms with Crippen molar-refractivity contribution < 1.29 is 0 Å². The van der Waals surface area contributed by atoms with E-state index < -0.39 is 0 Å². The average molecular weight is 106 g/mol. The van der Waals surface area contributed by atoms with Crippen LogP contribution in [-0.4, -0.2) is 11.1 Å². The van der Waals surface area contributed by atoms with Crippen LogP contribution in [-0.2, 0) is 0 Å². The van der Waals surface area contributed by atoms with Crippen LogP contribution in [0, 0.1) is 0 Å². The van der Waals surface area contributed by atoms with Gasteiger partial charge >= 0.3 is 0 Å². The summed E-state index contributed by atoms with van der Waals surface area (Å²) in [6.45, 7) is 0. The third-order valence-electron chi connectivity index (χ3n) is 0.247. The molecule has 0 rings (SSSR count). The van der Waals surface area contributed by atoms with E-state index in [1.54, 1.807) is 5.37 Å². The Morgan fingerprint density at radius 1 is 1.80 bits per heavy atom. The van der Waals surface area contributed by atoms with Gasteiger partial charge in [0.25, 0.3) is 0 Å². The molecule has 0 fully saturated rings. The molecule has 0 aliphatic heterocycles. The monoisotopic (exact) mass is 106 g/mol. The van der Waals surface area contributed by atoms with E-state index in [-0.39, 0.29) is 0 Å². The van der Waals surface area contributed by atoms with Gasteiger partial charge in [-0.15, -0.1) is 0 Å². The second kappa shape index (κ2) is 4.44. The molecule has 0 saturated heterocycles. The fourth-order valence-electron chi connectivity index (χ4n) is 0.0527. The zero-order valence-corrected chi connectivity index (χ0v) is 4.56. The molecule has 0 unspecified atom stereocenters. The molecule has 0 atom stereocenters. The maximum Gasteiger partial charge on any atom is -0.00551 e. The molecule has 0 nitrogen and oxygen atoms in total. The fraction of sp³-hybridized carbons (Fsp3) is 0.667. The molecule has 0 saturated carbocycles. The third kappa shape index (κ3) is 4.44. The summed E-state index contributed by atoms with van der Waals surface area (Å²) < 4.78 is 0. The predicted octanol–water partition coefficient (Wildman–Crippen LogP) is 1.31. The minimum Gasteiger partial charge on any atom is -0.179 e. The molecule has 0 bridgehead atoms. The van der Waals surface area contributed by atoms with Gasteiger partial charge in [0.15, 0.2) is 0 Å². The van der Waals surface area contributed by atoms with E-state index in [0.29, 0.717) is 0 Å². The van der Waals surface area contributed by atoms with Gasteiger partial charge in [0.05, 0.1) is 0 Å². The highest BCUT2D eigenvalue weighted by atomic mass is 32.1. The molecule has 0 radical (unpaired) electrons. The minimum atomic E-state index is 0.878. The summed E-state index contributed by atoms with van der Waals surface area (Å²) in [4.78, 5) is 0. The molecule has 0 amide bonds. The molecule has 5 heavy (non-hydrogen) atoms. The van der Waals surface area contributed by atoms with Gasteiger partial charge in [0, 0.05) is 0 Å². The van der Waals surface area contributed by atoms with Crippen LogP contribution < -0.4 is 0 Å². The molecule has 0 heterocycles. The quantitative estimate of drug-likeness (QED) is 0.409. The lowest BCUT2D eigenvalue weighted by Crippen LogP contribution is -1.67. The predicted molar refractivity (Wildman–Crippen MR) is 32.1 cm³/mol. The molecule has 0 aliphatic carbocycles. The topological polar surface area (TPSA) is 0 Å². The van der Waals surface area contributed by atoms with Crippen LogP contribution in [0.3, 0.4) is 0 Å². The molecule has 0 aromatic carbocycles. The van der Waals surface area contributed by atoms with Crippen molar-refractivity contribution in [1.82, 2.24) is 0 Å². The Balaban J connectivity index is 2.40. The van der Waals surface area contributed by atoms with Crippen molar-refractivity contribution in [2.75, 3.05) is 5.75 Å². The van der Waals surface area contributed by atoms with Gasteiger partial charge in [-0.25, -0.2) is 0 Å². The lowest BCUT2D eigenvalue weighted by atomic mass is 10.6. The van der Waals surface area contributed by atoms with Crippen molar-refractivity contribution >= 4 is 30.2 Å². The molecular weight excluding hydrogens is 100 g/mol. The smallest absolute Gasteiger partial charge is 0.00551 e. The zero-order chi connectivity index (χ0) is 4.12. The molecule has 0 spiro atoms. The molecule has 0 aromatic heterocycles. The summed E-state index contributed by atoms with van der Waals surface area (Å²) in [7, 11) is 0. The first kappa shape index (κ1) is 5.44. The molecule has 30 valence electrons. The lowest BCUT2D eigenvalue weighted by molar-refractivity contribution is 1.39. The summed E-state index contributed by atoms with van der Waals surface area (Å²) in [6.07, 6.45) is 0.943. The first-order valence-electron chi connectivity index (χ1n) is 1.46. The average Bonchev–Trinajstić information content (AvgIpc) is 1.41. The van der Waals surface area contributed by atoms with Crippen LogP contribution >= 0.6 is 24.8 Å². The highest BCUT2D eigenvalue weighted by Crippen LogP contribution is 1.75. The summed E-state index contributed by atoms with van der Waals surface area (Å²) >= 11 is 8.38. The Kier molecular flexibility index (Phi) is 4.83. The molecule has 0 aliphatic rings. The third-order valence-corrected chi connectivity index (χ3v) is 0.741. The first-order chi connectivity index (χ1) is 2.41. The van der Waals surface area contributed by atoms with Gasteiger partial charge in [0.2, 0.25) is 0 Å². The molecule has 2 heteroatoms. The maximum absolute atomic E-state index is 4.48. The van der Waals surface area contributed by atoms with Crippen molar-refractivity contribution in [3.05, 3.63) is 0 Å². The Morgan fingerprint density at radius 2 is 2.40 bits per heavy atom. The van der Waals surface area contributed by atoms with E-state index in [2.05, 4.69) is 24.8 Å². The van der Waals surface area contributed by atoms with Gasteiger partial charge in [-0.2, -0.15) is 12.6 Å². The van der Waals surface area contributed by atoms with Crippen LogP contribution in [0.1, 0.15) is 6.42 Å². The van der Waals surface area contributed by atoms with Crippen molar-refractivity contribution in [3.63, 3.8) is 0 Å². The van der Waals surface area contributed by atoms with E-state index in [9.17, 15) is 0 Å². The number of rotatable bonds is 2. The first-order valence-corrected chi connectivity index (χ1v) is 2.56. The Bertz CT molecular complexity index is 26.1. The Hall–Kier alpha value is 0.440. The van der Waals surface area contributed by atoms with Crippen molar-refractivity contribution in [2.24, 2.45) is 0 Å². The number of hydrogen-bond donors (Lipinski definition) is 1. The summed E-state index contributed by atoms with van der Waals surface area (Å²) in [5.74, 6) is 0.878. The van der Waals surface area contributed by atoms with Gasteiger partial charge in [-0.3, -0.25) is 0 Å². The van der Waals surface area contributed by atoms with E-state index in [0.717, 1.165) is 12.2 Å². The van der Waals surface area contributed by atoms with Crippen molar-refractivity contribution in [1.29, 1.82) is 0 Å². The SMILES string of the molecule is S=CCCS. The van der Waals surface area contributed by atoms with E-state index in [1.165, 1.54) is 0 Å². The second-order valence-electron chi connectivity index (χ2n) is 0.679. The van der Waals surface area contributed by atoms with E-state index >= 15 is 0 Å². The minimum absolute atomic E-state index is 0.878. The number of hydrogen-bond acceptors (Lipinski definition) is 2. The van der Waals surface area contributed by atoms with Crippen LogP contribution in [0.15, 0.2) is 0 Å². The van der Waals surface area contributed by atoms with Gasteiger partial charge in [-0.05, 0) is 17.5 Å². The van der Waals surface area contributed by atoms with Gasteiger partial charge < -0.3 is 0 Å². The molecular formula is C3H6S2. The van der Waals surface area contributed by atoms with Crippen molar-refractivity contribution in [2.45, 2.75) is 6.42 Å². The standard InChI is InChI=1S/C3H6S2/c4-2-1-3-5/h2,5H,1,3H2. The van der Waals surface area contributed by atoms with Gasteiger partial charge in [0.1, 0.15) is 0 Å². The highest BCUT2D eigenvalue weighted by molar-refractivity contribution is 7.80. The largest absolute Gasteiger partial charge is 0.179 e. The van der Waals surface area contributed by atoms with Crippen molar-refractivity contribution in [3.8, 4) is 0 Å². The van der Waals surface area contributed by atoms with Crippen LogP contribution in [0.2, 0.25) is 0 Å². The summed E-state index contributed by atoms with van der Waals surface area (Å²) in [5.41, 5.74) is 0. The lowest BCUT2D eigenvalue weighted by Gasteiger charge is -1.70. The number of thiocarbonyl (C=S) groups is 1. The zero-order valence-electron chi connectivity index (χ0n) is 2.85. The highest BCUT2D eigenvalue weighted by Gasteiger charge is 1.64. The van der Waals surface area contributed by atoms with Crippen LogP contribution in [0.25, 0.3) is 0 Å². The summed E-state index contributed by atoms with van der Waals surface area (Å²) in [5, 5.41) is 1.69. The fourth-order valence-corrected chi connectivity index (χ4v) is 0.474. The maximum atomic E-state index is 4.48. The van der Waals surface area contributed by atoms with E-state index in [4.69, 9.17) is 0 Å². The summed E-state index contributed by atoms with van der Waals surface area (Å²) in [6, 6.07) is 0. The van der Waals surface area contributed by atoms with E-state index in [1.807, 2.05) is 0 Å². The second-order valence-corrected chi connectivity index (χ2v) is 1.46. The van der Waals surface area contributed by atoms with Crippen LogP contribution in [0.4, 0.5) is 0 Å². The normalized spacial score (nSPS) is 7.40. The Labute approximate surface area is 43.0 Å². The Morgan fingerprint density at radius 3 is 2.40 bits per heavy atom.